The largest absolute Gasteiger partial charge is 0.333 e. The van der Waals surface area contributed by atoms with Gasteiger partial charge in [-0.1, -0.05) is 0 Å². The quantitative estimate of drug-likeness (QED) is 0.499. The first-order valence-corrected chi connectivity index (χ1v) is 3.96. The summed E-state index contributed by atoms with van der Waals surface area (Å²) in [6.07, 6.45) is 2.06. The Bertz CT molecular complexity index is 214. The lowest BCUT2D eigenvalue weighted by Crippen LogP contribution is -2.37. The maximum Gasteiger partial charge on any atom is 0.220 e. The van der Waals surface area contributed by atoms with Crippen LogP contribution in [-0.4, -0.2) is 29.7 Å². The van der Waals surface area contributed by atoms with Crippen LogP contribution in [0.15, 0.2) is 0 Å². The number of nitrogens with zero attached hydrogens (tertiary/aromatic N) is 1. The molecule has 0 N–H and O–H groups in total. The normalized spacial score (nSPS) is 40.1. The predicted octanol–water partition coefficient (Wildman–Crippen LogP) is 0.0521. The highest BCUT2D eigenvalue weighted by Crippen LogP contribution is 2.48. The van der Waals surface area contributed by atoms with Gasteiger partial charge in [0, 0.05) is 13.5 Å². The number of carbonyl (C=O) groups is 2. The van der Waals surface area contributed by atoms with Gasteiger partial charge in [0.05, 0.1) is 6.04 Å². The Balaban J connectivity index is 2.12. The summed E-state index contributed by atoms with van der Waals surface area (Å²) in [5.41, 5.74) is 0. The minimum absolute atomic E-state index is 0.0364. The zero-order valence-electron chi connectivity index (χ0n) is 6.49. The van der Waals surface area contributed by atoms with Crippen molar-refractivity contribution in [1.29, 1.82) is 0 Å². The summed E-state index contributed by atoms with van der Waals surface area (Å²) in [5, 5.41) is 0. The molecule has 1 heterocycles. The molecular formula is C8H11NO2. The lowest BCUT2D eigenvalue weighted by Gasteiger charge is -2.21. The molecule has 1 saturated heterocycles. The van der Waals surface area contributed by atoms with E-state index >= 15 is 0 Å². The van der Waals surface area contributed by atoms with Gasteiger partial charge in [-0.2, -0.15) is 0 Å². The number of piperidine rings is 1. The van der Waals surface area contributed by atoms with E-state index in [4.69, 9.17) is 0 Å². The van der Waals surface area contributed by atoms with E-state index < -0.39 is 0 Å². The summed E-state index contributed by atoms with van der Waals surface area (Å²) in [6, 6.07) is -0.0995. The van der Waals surface area contributed by atoms with E-state index in [9.17, 15) is 9.59 Å². The Morgan fingerprint density at radius 3 is 2.82 bits per heavy atom. The number of aldehydes is 1. The average Bonchev–Trinajstić information content (AvgIpc) is 2.63. The highest BCUT2D eigenvalue weighted by atomic mass is 16.2. The minimum Gasteiger partial charge on any atom is -0.333 e. The summed E-state index contributed by atoms with van der Waals surface area (Å²) in [6.45, 7) is 2.34. The maximum absolute atomic E-state index is 10.9. The molecule has 0 aromatic heterocycles. The molecule has 0 aromatic rings. The number of rotatable bonds is 1. The fourth-order valence-corrected chi connectivity index (χ4v) is 2.02. The lowest BCUT2D eigenvalue weighted by molar-refractivity contribution is -0.133. The molecule has 3 heteroatoms. The first kappa shape index (κ1) is 6.83. The van der Waals surface area contributed by atoms with Crippen LogP contribution in [0.3, 0.4) is 0 Å². The molecule has 3 unspecified atom stereocenters. The Kier molecular flexibility index (Phi) is 1.28. The van der Waals surface area contributed by atoms with Crippen LogP contribution >= 0.6 is 0 Å². The van der Waals surface area contributed by atoms with E-state index in [2.05, 4.69) is 0 Å². The Labute approximate surface area is 65.4 Å². The molecule has 0 spiro atoms. The molecule has 0 radical (unpaired) electrons. The number of carbonyl (C=O) groups excluding carboxylic acids is 2. The van der Waals surface area contributed by atoms with Gasteiger partial charge in [-0.25, -0.2) is 0 Å². The van der Waals surface area contributed by atoms with Crippen molar-refractivity contribution in [3.05, 3.63) is 0 Å². The van der Waals surface area contributed by atoms with Crippen LogP contribution in [0.4, 0.5) is 0 Å². The van der Waals surface area contributed by atoms with Crippen molar-refractivity contribution >= 4 is 12.2 Å². The van der Waals surface area contributed by atoms with E-state index in [0.717, 1.165) is 19.3 Å². The van der Waals surface area contributed by atoms with E-state index in [1.807, 2.05) is 0 Å². The number of fused-ring (bicyclic) bond motifs is 1. The molecule has 1 aliphatic carbocycles. The second-order valence-electron chi connectivity index (χ2n) is 3.46. The van der Waals surface area contributed by atoms with Gasteiger partial charge in [0.15, 0.2) is 0 Å². The van der Waals surface area contributed by atoms with Gasteiger partial charge in [0.2, 0.25) is 5.91 Å². The number of likely N-dealkylation sites (tertiary alicyclic amines) is 1. The smallest absolute Gasteiger partial charge is 0.220 e. The summed E-state index contributed by atoms with van der Waals surface area (Å²) in [5.74, 6) is 1.17. The fourth-order valence-electron chi connectivity index (χ4n) is 2.02. The zero-order valence-corrected chi connectivity index (χ0v) is 6.49. The molecule has 1 aliphatic heterocycles. The van der Waals surface area contributed by atoms with E-state index in [0.29, 0.717) is 11.8 Å². The third-order valence-electron chi connectivity index (χ3n) is 2.75. The van der Waals surface area contributed by atoms with Crippen LogP contribution < -0.4 is 0 Å². The zero-order chi connectivity index (χ0) is 8.01. The number of amides is 1. The Morgan fingerprint density at radius 2 is 2.36 bits per heavy atom. The third-order valence-corrected chi connectivity index (χ3v) is 2.75. The molecule has 3 atom stereocenters. The molecule has 0 bridgehead atoms. The number of hydrogen-bond acceptors (Lipinski definition) is 2. The van der Waals surface area contributed by atoms with Gasteiger partial charge in [0.1, 0.15) is 6.29 Å². The first-order valence-electron chi connectivity index (χ1n) is 3.96. The van der Waals surface area contributed by atoms with Crippen molar-refractivity contribution in [2.45, 2.75) is 19.4 Å². The molecule has 2 fully saturated rings. The average molecular weight is 153 g/mol. The van der Waals surface area contributed by atoms with Crippen LogP contribution in [0.5, 0.6) is 0 Å². The highest BCUT2D eigenvalue weighted by Gasteiger charge is 2.53. The molecule has 0 aromatic carbocycles. The van der Waals surface area contributed by atoms with Gasteiger partial charge in [-0.05, 0) is 18.3 Å². The minimum atomic E-state index is -0.0995. The second kappa shape index (κ2) is 2.06. The van der Waals surface area contributed by atoms with Gasteiger partial charge in [0.25, 0.3) is 0 Å². The Morgan fingerprint density at radius 1 is 1.64 bits per heavy atom. The van der Waals surface area contributed by atoms with Crippen LogP contribution in [-0.2, 0) is 9.59 Å². The third kappa shape index (κ3) is 0.870. The Hall–Kier alpha value is -0.860. The molecule has 60 valence electrons. The summed E-state index contributed by atoms with van der Waals surface area (Å²) in [4.78, 5) is 23.2. The molecule has 3 nitrogen and oxygen atoms in total. The van der Waals surface area contributed by atoms with Crippen LogP contribution in [0.1, 0.15) is 13.3 Å². The fraction of sp³-hybridized carbons (Fsp3) is 0.750. The first-order chi connectivity index (χ1) is 5.24. The molecule has 2 aliphatic rings. The van der Waals surface area contributed by atoms with E-state index in [-0.39, 0.29) is 11.9 Å². The van der Waals surface area contributed by atoms with Crippen LogP contribution in [0.25, 0.3) is 0 Å². The predicted molar refractivity (Wildman–Crippen MR) is 38.8 cm³/mol. The van der Waals surface area contributed by atoms with Gasteiger partial charge in [-0.3, -0.25) is 4.79 Å². The van der Waals surface area contributed by atoms with Crippen molar-refractivity contribution in [1.82, 2.24) is 4.90 Å². The molecular weight excluding hydrogens is 142 g/mol. The second-order valence-corrected chi connectivity index (χ2v) is 3.46. The summed E-state index contributed by atoms with van der Waals surface area (Å²) in [7, 11) is 0. The van der Waals surface area contributed by atoms with Crippen molar-refractivity contribution in [3.63, 3.8) is 0 Å². The molecule has 11 heavy (non-hydrogen) atoms. The standard InChI is InChI=1S/C8H11NO2/c1-5(11)9-3-6-2-7(6)8(9)4-10/h4,6-8H,2-3H2,1H3. The van der Waals surface area contributed by atoms with Gasteiger partial charge < -0.3 is 9.69 Å². The highest BCUT2D eigenvalue weighted by molar-refractivity contribution is 5.79. The maximum atomic E-state index is 10.9. The number of hydrogen-bond donors (Lipinski definition) is 0. The monoisotopic (exact) mass is 153 g/mol. The van der Waals surface area contributed by atoms with Gasteiger partial charge >= 0.3 is 0 Å². The van der Waals surface area contributed by atoms with Crippen molar-refractivity contribution in [2.75, 3.05) is 6.54 Å². The lowest BCUT2D eigenvalue weighted by atomic mass is 10.2. The van der Waals surface area contributed by atoms with Gasteiger partial charge in [-0.15, -0.1) is 0 Å². The SMILES string of the molecule is CC(=O)N1CC2CC2C1C=O. The van der Waals surface area contributed by atoms with E-state index in [1.54, 1.807) is 4.90 Å². The molecule has 2 rings (SSSR count). The summed E-state index contributed by atoms with van der Waals surface area (Å²) < 4.78 is 0. The van der Waals surface area contributed by atoms with Crippen molar-refractivity contribution in [2.24, 2.45) is 11.8 Å². The molecule has 1 amide bonds. The van der Waals surface area contributed by atoms with Crippen molar-refractivity contribution < 1.29 is 9.59 Å². The molecule has 1 saturated carbocycles. The van der Waals surface area contributed by atoms with Crippen molar-refractivity contribution in [3.8, 4) is 0 Å². The van der Waals surface area contributed by atoms with Crippen LogP contribution in [0, 0.1) is 11.8 Å². The topological polar surface area (TPSA) is 37.4 Å². The summed E-state index contributed by atoms with van der Waals surface area (Å²) >= 11 is 0. The van der Waals surface area contributed by atoms with E-state index in [1.165, 1.54) is 6.92 Å². The van der Waals surface area contributed by atoms with Crippen LogP contribution in [0.2, 0.25) is 0 Å².